The van der Waals surface area contributed by atoms with E-state index in [0.717, 1.165) is 0 Å². The summed E-state index contributed by atoms with van der Waals surface area (Å²) in [6, 6.07) is 6.06. The van der Waals surface area contributed by atoms with E-state index in [1.165, 1.54) is 24.4 Å². The molecular formula is C15H9B2N3O4. The molecule has 0 fully saturated rings. The van der Waals surface area contributed by atoms with Gasteiger partial charge in [0, 0.05) is 11.8 Å². The number of carbonyl (C=O) groups excluding carboxylic acids is 1. The van der Waals surface area contributed by atoms with Gasteiger partial charge in [0.15, 0.2) is 5.69 Å². The number of hydrogen-bond donors (Lipinski definition) is 3. The molecule has 0 bridgehead atoms. The molecule has 3 N–H and O–H groups in total. The van der Waals surface area contributed by atoms with Crippen LogP contribution in [0.1, 0.15) is 16.1 Å². The summed E-state index contributed by atoms with van der Waals surface area (Å²) >= 11 is 0. The van der Waals surface area contributed by atoms with Crippen molar-refractivity contribution in [1.82, 2.24) is 10.3 Å². The molecule has 0 aliphatic rings. The smallest absolute Gasteiger partial charge is 0.322 e. The Labute approximate surface area is 139 Å². The summed E-state index contributed by atoms with van der Waals surface area (Å²) in [6.07, 6.45) is 1.27. The van der Waals surface area contributed by atoms with Crippen molar-refractivity contribution in [3.8, 4) is 22.9 Å². The minimum Gasteiger partial charge on any atom is -0.505 e. The van der Waals surface area contributed by atoms with Crippen LogP contribution < -0.4 is 16.2 Å². The maximum Gasteiger partial charge on any atom is 0.322 e. The van der Waals surface area contributed by atoms with Crippen molar-refractivity contribution in [2.24, 2.45) is 0 Å². The van der Waals surface area contributed by atoms with E-state index in [1.807, 2.05) is 6.07 Å². The number of aromatic nitrogens is 1. The first kappa shape index (κ1) is 17.1. The zero-order valence-corrected chi connectivity index (χ0v) is 12.3. The molecule has 1 amide bonds. The minimum absolute atomic E-state index is 0.201. The lowest BCUT2D eigenvalue weighted by atomic mass is 9.75. The van der Waals surface area contributed by atoms with Crippen LogP contribution in [0.3, 0.4) is 0 Å². The molecule has 0 atom stereocenters. The highest BCUT2D eigenvalue weighted by molar-refractivity contribution is 6.50. The number of carboxylic acids is 1. The Bertz CT molecular complexity index is 878. The van der Waals surface area contributed by atoms with Crippen molar-refractivity contribution in [3.63, 3.8) is 0 Å². The Balaban J connectivity index is 2.40. The quantitative estimate of drug-likeness (QED) is 0.604. The maximum atomic E-state index is 11.8. The van der Waals surface area contributed by atoms with Gasteiger partial charge in [-0.15, -0.1) is 5.46 Å². The van der Waals surface area contributed by atoms with E-state index in [-0.39, 0.29) is 22.2 Å². The van der Waals surface area contributed by atoms with Crippen LogP contribution in [0.2, 0.25) is 0 Å². The highest BCUT2D eigenvalue weighted by atomic mass is 16.4. The van der Waals surface area contributed by atoms with E-state index in [0.29, 0.717) is 11.1 Å². The fourth-order valence-corrected chi connectivity index (χ4v) is 1.99. The Morgan fingerprint density at radius 2 is 2.00 bits per heavy atom. The second kappa shape index (κ2) is 6.87. The Morgan fingerprint density at radius 3 is 2.58 bits per heavy atom. The van der Waals surface area contributed by atoms with Gasteiger partial charge >= 0.3 is 5.97 Å². The number of hydrogen-bond acceptors (Lipinski definition) is 5. The van der Waals surface area contributed by atoms with Crippen molar-refractivity contribution in [3.05, 3.63) is 35.7 Å². The number of carbonyl (C=O) groups is 2. The summed E-state index contributed by atoms with van der Waals surface area (Å²) < 4.78 is 0. The molecule has 4 radical (unpaired) electrons. The van der Waals surface area contributed by atoms with Gasteiger partial charge in [-0.25, -0.2) is 4.98 Å². The molecule has 0 spiro atoms. The molecule has 2 aromatic rings. The van der Waals surface area contributed by atoms with Crippen molar-refractivity contribution >= 4 is 38.5 Å². The molecule has 1 aromatic heterocycles. The van der Waals surface area contributed by atoms with Gasteiger partial charge in [0.05, 0.1) is 11.6 Å². The van der Waals surface area contributed by atoms with E-state index < -0.39 is 24.2 Å². The Kier molecular flexibility index (Phi) is 4.90. The fourth-order valence-electron chi connectivity index (χ4n) is 1.99. The third kappa shape index (κ3) is 3.55. The third-order valence-corrected chi connectivity index (χ3v) is 3.13. The van der Waals surface area contributed by atoms with Gasteiger partial charge in [0.2, 0.25) is 0 Å². The summed E-state index contributed by atoms with van der Waals surface area (Å²) in [5, 5.41) is 29.6. The van der Waals surface area contributed by atoms with Crippen LogP contribution in [0.15, 0.2) is 24.4 Å². The molecule has 0 saturated carbocycles. The topological polar surface area (TPSA) is 123 Å². The number of carboxylic acid groups (broad SMARTS) is 1. The lowest BCUT2D eigenvalue weighted by Gasteiger charge is -2.12. The predicted molar refractivity (Wildman–Crippen MR) is 86.8 cm³/mol. The van der Waals surface area contributed by atoms with Crippen molar-refractivity contribution < 1.29 is 19.8 Å². The van der Waals surface area contributed by atoms with E-state index in [9.17, 15) is 14.7 Å². The monoisotopic (exact) mass is 317 g/mol. The first-order chi connectivity index (χ1) is 11.3. The van der Waals surface area contributed by atoms with Gasteiger partial charge in [0.1, 0.15) is 28.0 Å². The molecule has 0 saturated heterocycles. The second-order valence-electron chi connectivity index (χ2n) is 4.81. The first-order valence-corrected chi connectivity index (χ1v) is 6.62. The third-order valence-electron chi connectivity index (χ3n) is 3.13. The number of pyridine rings is 1. The molecule has 114 valence electrons. The standard InChI is InChI=1S/C15H9B2N3O4/c16-10-2-7(4-18)1-9(13(10)17)8-3-11(21)14(19-5-8)15(24)20-6-12(22)23/h1-3,5,21H,6H2,(H,20,24)(H,22,23). The summed E-state index contributed by atoms with van der Waals surface area (Å²) in [6.45, 7) is -0.602. The lowest BCUT2D eigenvalue weighted by Crippen LogP contribution is -2.30. The number of aromatic hydroxyl groups is 1. The highest BCUT2D eigenvalue weighted by Crippen LogP contribution is 2.23. The van der Waals surface area contributed by atoms with Gasteiger partial charge in [-0.3, -0.25) is 9.59 Å². The van der Waals surface area contributed by atoms with E-state index >= 15 is 0 Å². The van der Waals surface area contributed by atoms with Crippen LogP contribution in [0, 0.1) is 11.3 Å². The SMILES string of the molecule is [B]c1cc(C#N)cc(-c2cnc(C(=O)NCC(=O)O)c(O)c2)c1[B]. The Hall–Kier alpha value is -3.27. The molecule has 1 heterocycles. The van der Waals surface area contributed by atoms with Crippen molar-refractivity contribution in [2.45, 2.75) is 0 Å². The van der Waals surface area contributed by atoms with Crippen LogP contribution in [0.25, 0.3) is 11.1 Å². The number of aliphatic carboxylic acids is 1. The van der Waals surface area contributed by atoms with E-state index in [1.54, 1.807) is 0 Å². The van der Waals surface area contributed by atoms with Crippen LogP contribution in [-0.2, 0) is 4.79 Å². The molecule has 0 aliphatic heterocycles. The number of rotatable bonds is 4. The number of nitrogens with one attached hydrogen (secondary N) is 1. The number of benzene rings is 1. The van der Waals surface area contributed by atoms with Gasteiger partial charge in [-0.05, 0) is 17.7 Å². The summed E-state index contributed by atoms with van der Waals surface area (Å²) in [5.74, 6) is -2.52. The average Bonchev–Trinajstić information content (AvgIpc) is 2.54. The number of nitrogens with zero attached hydrogens (tertiary/aromatic N) is 2. The summed E-state index contributed by atoms with van der Waals surface area (Å²) in [7, 11) is 11.6. The molecule has 0 unspecified atom stereocenters. The van der Waals surface area contributed by atoms with Crippen LogP contribution in [0.5, 0.6) is 5.75 Å². The van der Waals surface area contributed by atoms with Gasteiger partial charge in [-0.2, -0.15) is 5.26 Å². The largest absolute Gasteiger partial charge is 0.505 e. The Morgan fingerprint density at radius 1 is 1.29 bits per heavy atom. The molecule has 0 aliphatic carbocycles. The highest BCUT2D eigenvalue weighted by Gasteiger charge is 2.16. The predicted octanol–water partition coefficient (Wildman–Crippen LogP) is -1.27. The summed E-state index contributed by atoms with van der Waals surface area (Å²) in [5.41, 5.74) is 1.09. The van der Waals surface area contributed by atoms with Crippen LogP contribution in [0.4, 0.5) is 0 Å². The van der Waals surface area contributed by atoms with E-state index in [4.69, 9.17) is 26.1 Å². The molecule has 24 heavy (non-hydrogen) atoms. The minimum atomic E-state index is -1.23. The van der Waals surface area contributed by atoms with Gasteiger partial charge < -0.3 is 15.5 Å². The lowest BCUT2D eigenvalue weighted by molar-refractivity contribution is -0.135. The zero-order chi connectivity index (χ0) is 17.9. The molecule has 9 heteroatoms. The second-order valence-corrected chi connectivity index (χ2v) is 4.81. The molecule has 1 aromatic carbocycles. The normalized spacial score (nSPS) is 9.96. The van der Waals surface area contributed by atoms with Crippen LogP contribution in [-0.4, -0.2) is 49.3 Å². The number of amides is 1. The van der Waals surface area contributed by atoms with Gasteiger partial charge in [0.25, 0.3) is 5.91 Å². The molecule has 2 rings (SSSR count). The van der Waals surface area contributed by atoms with Crippen LogP contribution >= 0.6 is 0 Å². The van der Waals surface area contributed by atoms with Crippen molar-refractivity contribution in [1.29, 1.82) is 5.26 Å². The first-order valence-electron chi connectivity index (χ1n) is 6.62. The fraction of sp³-hybridized carbons (Fsp3) is 0.0667. The maximum absolute atomic E-state index is 11.8. The van der Waals surface area contributed by atoms with Crippen molar-refractivity contribution in [2.75, 3.05) is 6.54 Å². The number of nitriles is 1. The zero-order valence-electron chi connectivity index (χ0n) is 12.3. The average molecular weight is 317 g/mol. The molecule has 7 nitrogen and oxygen atoms in total. The summed E-state index contributed by atoms with van der Waals surface area (Å²) in [4.78, 5) is 26.0. The molecular weight excluding hydrogens is 308 g/mol. The van der Waals surface area contributed by atoms with Gasteiger partial charge in [-0.1, -0.05) is 11.5 Å². The van der Waals surface area contributed by atoms with E-state index in [2.05, 4.69) is 10.3 Å².